The highest BCUT2D eigenvalue weighted by atomic mass is 15.1. The number of imidazole rings is 1. The minimum Gasteiger partial charge on any atom is -0.331 e. The van der Waals surface area contributed by atoms with Gasteiger partial charge in [-0.3, -0.25) is 0 Å². The summed E-state index contributed by atoms with van der Waals surface area (Å²) in [5, 5.41) is 0. The van der Waals surface area contributed by atoms with Crippen LogP contribution in [0, 0.1) is 0 Å². The molecule has 0 aliphatic carbocycles. The lowest BCUT2D eigenvalue weighted by Crippen LogP contribution is -2.16. The maximum atomic E-state index is 5.66. The highest BCUT2D eigenvalue weighted by molar-refractivity contribution is 5.76. The first-order valence-electron chi connectivity index (χ1n) is 5.91. The van der Waals surface area contributed by atoms with Crippen molar-refractivity contribution in [3.8, 4) is 0 Å². The molecule has 0 saturated carbocycles. The zero-order valence-electron chi connectivity index (χ0n) is 10.8. The molecule has 0 aliphatic heterocycles. The molecule has 0 bridgehead atoms. The van der Waals surface area contributed by atoms with Crippen molar-refractivity contribution >= 4 is 11.0 Å². The number of rotatable bonds is 4. The predicted molar refractivity (Wildman–Crippen MR) is 70.9 cm³/mol. The molecule has 1 aromatic carbocycles. The molecule has 2 aromatic rings. The second-order valence-electron chi connectivity index (χ2n) is 4.67. The molecule has 92 valence electrons. The van der Waals surface area contributed by atoms with E-state index in [1.807, 2.05) is 6.07 Å². The molecule has 4 nitrogen and oxygen atoms in total. The van der Waals surface area contributed by atoms with Gasteiger partial charge in [-0.15, -0.1) is 0 Å². The average Bonchev–Trinajstić information content (AvgIpc) is 2.63. The molecule has 1 heterocycles. The standard InChI is InChI=1S/C13H20N4/c1-16(2)7-6-13-15-11-5-4-10(9-14)8-12(11)17(13)3/h4-5,8H,6-7,9,14H2,1-3H3. The van der Waals surface area contributed by atoms with Crippen LogP contribution in [0.4, 0.5) is 0 Å². The number of benzene rings is 1. The monoisotopic (exact) mass is 232 g/mol. The summed E-state index contributed by atoms with van der Waals surface area (Å²) in [6.45, 7) is 1.59. The third-order valence-corrected chi connectivity index (χ3v) is 3.06. The molecular formula is C13H20N4. The third kappa shape index (κ3) is 2.48. The van der Waals surface area contributed by atoms with Gasteiger partial charge >= 0.3 is 0 Å². The maximum Gasteiger partial charge on any atom is 0.110 e. The molecule has 17 heavy (non-hydrogen) atoms. The van der Waals surface area contributed by atoms with E-state index in [0.29, 0.717) is 6.54 Å². The zero-order valence-corrected chi connectivity index (χ0v) is 10.8. The molecule has 0 aliphatic rings. The Morgan fingerprint density at radius 2 is 2.12 bits per heavy atom. The van der Waals surface area contributed by atoms with Crippen LogP contribution in [0.3, 0.4) is 0 Å². The molecule has 0 radical (unpaired) electrons. The highest BCUT2D eigenvalue weighted by Gasteiger charge is 2.08. The SMILES string of the molecule is CN(C)CCc1nc2ccc(CN)cc2n1C. The summed E-state index contributed by atoms with van der Waals surface area (Å²) in [6.07, 6.45) is 0.968. The van der Waals surface area contributed by atoms with Crippen molar-refractivity contribution in [2.75, 3.05) is 20.6 Å². The van der Waals surface area contributed by atoms with Gasteiger partial charge in [-0.25, -0.2) is 4.98 Å². The average molecular weight is 232 g/mol. The second kappa shape index (κ2) is 4.85. The van der Waals surface area contributed by atoms with E-state index in [9.17, 15) is 0 Å². The number of nitrogens with two attached hydrogens (primary N) is 1. The fraction of sp³-hybridized carbons (Fsp3) is 0.462. The fourth-order valence-corrected chi connectivity index (χ4v) is 1.96. The van der Waals surface area contributed by atoms with Crippen molar-refractivity contribution in [3.63, 3.8) is 0 Å². The topological polar surface area (TPSA) is 47.1 Å². The molecule has 1 aromatic heterocycles. The first-order valence-corrected chi connectivity index (χ1v) is 5.91. The number of hydrogen-bond acceptors (Lipinski definition) is 3. The number of nitrogens with zero attached hydrogens (tertiary/aromatic N) is 3. The van der Waals surface area contributed by atoms with Crippen LogP contribution in [0.5, 0.6) is 0 Å². The molecule has 0 spiro atoms. The lowest BCUT2D eigenvalue weighted by Gasteiger charge is -2.08. The van der Waals surface area contributed by atoms with Gasteiger partial charge in [-0.1, -0.05) is 6.07 Å². The Kier molecular flexibility index (Phi) is 3.45. The van der Waals surface area contributed by atoms with Crippen molar-refractivity contribution < 1.29 is 0 Å². The van der Waals surface area contributed by atoms with Crippen molar-refractivity contribution in [2.45, 2.75) is 13.0 Å². The van der Waals surface area contributed by atoms with E-state index < -0.39 is 0 Å². The molecule has 0 atom stereocenters. The van der Waals surface area contributed by atoms with E-state index in [2.05, 4.69) is 47.7 Å². The highest BCUT2D eigenvalue weighted by Crippen LogP contribution is 2.17. The molecule has 0 amide bonds. The van der Waals surface area contributed by atoms with Crippen LogP contribution in [0.15, 0.2) is 18.2 Å². The maximum absolute atomic E-state index is 5.66. The molecule has 0 saturated heterocycles. The van der Waals surface area contributed by atoms with E-state index in [-0.39, 0.29) is 0 Å². The second-order valence-corrected chi connectivity index (χ2v) is 4.67. The van der Waals surface area contributed by atoms with E-state index >= 15 is 0 Å². The smallest absolute Gasteiger partial charge is 0.110 e. The number of likely N-dealkylation sites (N-methyl/N-ethyl adjacent to an activating group) is 1. The predicted octanol–water partition coefficient (Wildman–Crippen LogP) is 1.14. The Morgan fingerprint density at radius 1 is 1.35 bits per heavy atom. The van der Waals surface area contributed by atoms with Gasteiger partial charge in [0.2, 0.25) is 0 Å². The first-order chi connectivity index (χ1) is 8.11. The van der Waals surface area contributed by atoms with Gasteiger partial charge in [0.25, 0.3) is 0 Å². The minimum atomic E-state index is 0.578. The lowest BCUT2D eigenvalue weighted by molar-refractivity contribution is 0.408. The van der Waals surface area contributed by atoms with Gasteiger partial charge < -0.3 is 15.2 Å². The normalized spacial score (nSPS) is 11.6. The van der Waals surface area contributed by atoms with Crippen LogP contribution in [-0.2, 0) is 20.0 Å². The lowest BCUT2D eigenvalue weighted by atomic mass is 10.2. The van der Waals surface area contributed by atoms with Crippen molar-refractivity contribution in [1.29, 1.82) is 0 Å². The van der Waals surface area contributed by atoms with E-state index in [1.54, 1.807) is 0 Å². The Labute approximate surface area is 102 Å². The quantitative estimate of drug-likeness (QED) is 0.860. The zero-order chi connectivity index (χ0) is 12.4. The molecule has 0 fully saturated rings. The summed E-state index contributed by atoms with van der Waals surface area (Å²) in [5.41, 5.74) is 9.03. The molecule has 2 N–H and O–H groups in total. The van der Waals surface area contributed by atoms with Crippen molar-refractivity contribution in [2.24, 2.45) is 12.8 Å². The summed E-state index contributed by atoms with van der Waals surface area (Å²) < 4.78 is 2.16. The van der Waals surface area contributed by atoms with E-state index in [1.165, 1.54) is 5.52 Å². The summed E-state index contributed by atoms with van der Waals surface area (Å²) in [4.78, 5) is 6.83. The molecule has 0 unspecified atom stereocenters. The Hall–Kier alpha value is -1.39. The van der Waals surface area contributed by atoms with Gasteiger partial charge in [0, 0.05) is 26.6 Å². The molecular weight excluding hydrogens is 212 g/mol. The van der Waals surface area contributed by atoms with Crippen LogP contribution in [0.1, 0.15) is 11.4 Å². The largest absolute Gasteiger partial charge is 0.331 e. The van der Waals surface area contributed by atoms with Crippen LogP contribution >= 0.6 is 0 Å². The van der Waals surface area contributed by atoms with Gasteiger partial charge in [-0.2, -0.15) is 0 Å². The molecule has 4 heteroatoms. The summed E-state index contributed by atoms with van der Waals surface area (Å²) in [5.74, 6) is 1.13. The van der Waals surface area contributed by atoms with Crippen LogP contribution in [0.25, 0.3) is 11.0 Å². The van der Waals surface area contributed by atoms with Crippen molar-refractivity contribution in [1.82, 2.24) is 14.5 Å². The summed E-state index contributed by atoms with van der Waals surface area (Å²) in [7, 11) is 6.23. The van der Waals surface area contributed by atoms with Gasteiger partial charge in [0.05, 0.1) is 11.0 Å². The number of hydrogen-bond donors (Lipinski definition) is 1. The Balaban J connectivity index is 2.35. The fourth-order valence-electron chi connectivity index (χ4n) is 1.96. The summed E-state index contributed by atoms with van der Waals surface area (Å²) in [6, 6.07) is 6.23. The number of aromatic nitrogens is 2. The van der Waals surface area contributed by atoms with E-state index in [4.69, 9.17) is 5.73 Å². The minimum absolute atomic E-state index is 0.578. The van der Waals surface area contributed by atoms with Crippen LogP contribution < -0.4 is 5.73 Å². The number of aryl methyl sites for hydroxylation is 1. The van der Waals surface area contributed by atoms with Gasteiger partial charge in [0.1, 0.15) is 5.82 Å². The van der Waals surface area contributed by atoms with Gasteiger partial charge in [0.15, 0.2) is 0 Å². The summed E-state index contributed by atoms with van der Waals surface area (Å²) >= 11 is 0. The number of fused-ring (bicyclic) bond motifs is 1. The Bertz CT molecular complexity index is 513. The first kappa shape index (κ1) is 12.1. The molecule has 2 rings (SSSR count). The van der Waals surface area contributed by atoms with Crippen LogP contribution in [-0.4, -0.2) is 35.1 Å². The van der Waals surface area contributed by atoms with Crippen molar-refractivity contribution in [3.05, 3.63) is 29.6 Å². The van der Waals surface area contributed by atoms with Crippen LogP contribution in [0.2, 0.25) is 0 Å². The van der Waals surface area contributed by atoms with E-state index in [0.717, 1.165) is 29.9 Å². The Morgan fingerprint density at radius 3 is 2.76 bits per heavy atom. The third-order valence-electron chi connectivity index (χ3n) is 3.06. The van der Waals surface area contributed by atoms with Gasteiger partial charge in [-0.05, 0) is 31.8 Å².